The van der Waals surface area contributed by atoms with E-state index in [4.69, 9.17) is 4.74 Å². The Morgan fingerprint density at radius 2 is 2.00 bits per heavy atom. The molecule has 0 bridgehead atoms. The zero-order chi connectivity index (χ0) is 11.9. The van der Waals surface area contributed by atoms with E-state index in [9.17, 15) is 0 Å². The Bertz CT molecular complexity index is 517. The normalized spacial score (nSPS) is 11.4. The lowest BCUT2D eigenvalue weighted by Gasteiger charge is -2.02. The van der Waals surface area contributed by atoms with Crippen molar-refractivity contribution in [2.75, 3.05) is 7.11 Å². The van der Waals surface area contributed by atoms with Gasteiger partial charge < -0.3 is 4.74 Å². The van der Waals surface area contributed by atoms with E-state index in [1.54, 1.807) is 13.3 Å². The molecule has 0 unspecified atom stereocenters. The molecule has 0 radical (unpaired) electrons. The van der Waals surface area contributed by atoms with Crippen molar-refractivity contribution in [2.24, 2.45) is 5.10 Å². The van der Waals surface area contributed by atoms with Gasteiger partial charge in [0.05, 0.1) is 7.11 Å². The first-order chi connectivity index (χ1) is 8.40. The van der Waals surface area contributed by atoms with Gasteiger partial charge in [-0.15, -0.1) is 10.2 Å². The van der Waals surface area contributed by atoms with E-state index in [1.165, 1.54) is 17.3 Å². The average molecular weight is 228 g/mol. The standard InChI is InChI=1S/C12H12N4O/c1-17-12-7-3-2-5-11(12)6-4-8-15-16-9-13-14-10-16/h2-10H,1H3. The molecule has 1 aromatic heterocycles. The molecular weight excluding hydrogens is 216 g/mol. The summed E-state index contributed by atoms with van der Waals surface area (Å²) in [6.07, 6.45) is 8.46. The lowest BCUT2D eigenvalue weighted by Crippen LogP contribution is -1.86. The van der Waals surface area contributed by atoms with E-state index in [-0.39, 0.29) is 0 Å². The van der Waals surface area contributed by atoms with E-state index < -0.39 is 0 Å². The molecule has 0 fully saturated rings. The molecular formula is C12H12N4O. The first-order valence-electron chi connectivity index (χ1n) is 5.09. The molecule has 0 aliphatic carbocycles. The minimum absolute atomic E-state index is 0.835. The number of hydrogen-bond acceptors (Lipinski definition) is 4. The quantitative estimate of drug-likeness (QED) is 0.750. The Labute approximate surface area is 99.1 Å². The van der Waals surface area contributed by atoms with Crippen LogP contribution in [0.3, 0.4) is 0 Å². The van der Waals surface area contributed by atoms with E-state index in [2.05, 4.69) is 15.3 Å². The van der Waals surface area contributed by atoms with Crippen LogP contribution in [-0.4, -0.2) is 28.2 Å². The van der Waals surface area contributed by atoms with E-state index in [0.29, 0.717) is 0 Å². The number of hydrogen-bond donors (Lipinski definition) is 0. The van der Waals surface area contributed by atoms with Crippen LogP contribution >= 0.6 is 0 Å². The number of allylic oxidation sites excluding steroid dienone is 1. The molecule has 5 heteroatoms. The first kappa shape index (κ1) is 11.1. The van der Waals surface area contributed by atoms with Gasteiger partial charge in [0.15, 0.2) is 0 Å². The highest BCUT2D eigenvalue weighted by atomic mass is 16.5. The molecule has 17 heavy (non-hydrogen) atoms. The molecule has 0 atom stereocenters. The monoisotopic (exact) mass is 228 g/mol. The lowest BCUT2D eigenvalue weighted by molar-refractivity contribution is 0.414. The molecule has 0 saturated heterocycles. The van der Waals surface area contributed by atoms with Gasteiger partial charge in [-0.05, 0) is 18.2 Å². The highest BCUT2D eigenvalue weighted by Gasteiger charge is 1.94. The molecule has 0 aliphatic rings. The largest absolute Gasteiger partial charge is 0.496 e. The van der Waals surface area contributed by atoms with Crippen molar-refractivity contribution in [3.63, 3.8) is 0 Å². The zero-order valence-corrected chi connectivity index (χ0v) is 9.39. The number of ether oxygens (including phenoxy) is 1. The predicted molar refractivity (Wildman–Crippen MR) is 65.9 cm³/mol. The maximum atomic E-state index is 5.23. The molecule has 0 spiro atoms. The third kappa shape index (κ3) is 3.01. The van der Waals surface area contributed by atoms with Crippen molar-refractivity contribution in [2.45, 2.75) is 0 Å². The summed E-state index contributed by atoms with van der Waals surface area (Å²) in [7, 11) is 1.65. The van der Waals surface area contributed by atoms with Crippen LogP contribution in [0.15, 0.2) is 48.1 Å². The van der Waals surface area contributed by atoms with Crippen LogP contribution in [0.4, 0.5) is 0 Å². The molecule has 2 aromatic rings. The highest BCUT2D eigenvalue weighted by Crippen LogP contribution is 2.18. The van der Waals surface area contributed by atoms with Gasteiger partial charge in [0.2, 0.25) is 0 Å². The van der Waals surface area contributed by atoms with Crippen LogP contribution in [-0.2, 0) is 0 Å². The summed E-state index contributed by atoms with van der Waals surface area (Å²) in [6.45, 7) is 0. The van der Waals surface area contributed by atoms with Gasteiger partial charge in [0.1, 0.15) is 18.4 Å². The Kier molecular flexibility index (Phi) is 3.64. The lowest BCUT2D eigenvalue weighted by atomic mass is 10.2. The van der Waals surface area contributed by atoms with Crippen LogP contribution in [0.5, 0.6) is 5.75 Å². The third-order valence-electron chi connectivity index (χ3n) is 2.11. The Morgan fingerprint density at radius 3 is 2.76 bits per heavy atom. The summed E-state index contributed by atoms with van der Waals surface area (Å²) in [5.74, 6) is 0.835. The number of aromatic nitrogens is 3. The van der Waals surface area contributed by atoms with Crippen LogP contribution in [0.1, 0.15) is 5.56 Å². The zero-order valence-electron chi connectivity index (χ0n) is 9.39. The molecule has 5 nitrogen and oxygen atoms in total. The maximum Gasteiger partial charge on any atom is 0.141 e. The smallest absolute Gasteiger partial charge is 0.141 e. The minimum Gasteiger partial charge on any atom is -0.496 e. The SMILES string of the molecule is COc1ccccc1C=CC=Nn1cnnc1. The first-order valence-corrected chi connectivity index (χ1v) is 5.09. The predicted octanol–water partition coefficient (Wildman–Crippen LogP) is 1.83. The average Bonchev–Trinajstić information content (AvgIpc) is 2.88. The van der Waals surface area contributed by atoms with Crippen molar-refractivity contribution >= 4 is 12.3 Å². The van der Waals surface area contributed by atoms with Gasteiger partial charge in [-0.3, -0.25) is 0 Å². The molecule has 1 heterocycles. The van der Waals surface area contributed by atoms with Gasteiger partial charge in [-0.25, -0.2) is 4.68 Å². The fraction of sp³-hybridized carbons (Fsp3) is 0.0833. The van der Waals surface area contributed by atoms with E-state index >= 15 is 0 Å². The molecule has 1 aromatic carbocycles. The molecule has 86 valence electrons. The summed E-state index contributed by atoms with van der Waals surface area (Å²) in [6, 6.07) is 7.78. The molecule has 0 amide bonds. The topological polar surface area (TPSA) is 52.3 Å². The van der Waals surface area contributed by atoms with Crippen LogP contribution in [0.2, 0.25) is 0 Å². The Morgan fingerprint density at radius 1 is 1.24 bits per heavy atom. The summed E-state index contributed by atoms with van der Waals surface area (Å²) in [5, 5.41) is 11.4. The van der Waals surface area contributed by atoms with Gasteiger partial charge in [0, 0.05) is 11.8 Å². The van der Waals surface area contributed by atoms with Crippen LogP contribution in [0, 0.1) is 0 Å². The van der Waals surface area contributed by atoms with Gasteiger partial charge in [-0.2, -0.15) is 5.10 Å². The summed E-state index contributed by atoms with van der Waals surface area (Å²) >= 11 is 0. The highest BCUT2D eigenvalue weighted by molar-refractivity contribution is 5.79. The van der Waals surface area contributed by atoms with Crippen LogP contribution in [0.25, 0.3) is 6.08 Å². The van der Waals surface area contributed by atoms with Crippen LogP contribution < -0.4 is 4.74 Å². The van der Waals surface area contributed by atoms with E-state index in [1.807, 2.05) is 36.4 Å². The fourth-order valence-electron chi connectivity index (χ4n) is 1.32. The Balaban J connectivity index is 2.05. The van der Waals surface area contributed by atoms with Gasteiger partial charge >= 0.3 is 0 Å². The van der Waals surface area contributed by atoms with Crippen molar-refractivity contribution in [1.29, 1.82) is 0 Å². The number of benzene rings is 1. The summed E-state index contributed by atoms with van der Waals surface area (Å²) in [4.78, 5) is 0. The van der Waals surface area contributed by atoms with Crippen molar-refractivity contribution in [3.05, 3.63) is 48.6 Å². The Hall–Kier alpha value is -2.43. The van der Waals surface area contributed by atoms with Crippen molar-refractivity contribution in [1.82, 2.24) is 14.9 Å². The number of nitrogens with zero attached hydrogens (tertiary/aromatic N) is 4. The number of rotatable bonds is 4. The second-order valence-electron chi connectivity index (χ2n) is 3.21. The second-order valence-corrected chi connectivity index (χ2v) is 3.21. The molecule has 0 saturated carbocycles. The summed E-state index contributed by atoms with van der Waals surface area (Å²) in [5.41, 5.74) is 1.00. The fourth-order valence-corrected chi connectivity index (χ4v) is 1.32. The third-order valence-corrected chi connectivity index (χ3v) is 2.11. The van der Waals surface area contributed by atoms with Gasteiger partial charge in [0.25, 0.3) is 0 Å². The minimum atomic E-state index is 0.835. The summed E-state index contributed by atoms with van der Waals surface area (Å²) < 4.78 is 6.75. The number of methoxy groups -OCH3 is 1. The maximum absolute atomic E-state index is 5.23. The molecule has 2 rings (SSSR count). The van der Waals surface area contributed by atoms with E-state index in [0.717, 1.165) is 11.3 Å². The van der Waals surface area contributed by atoms with Crippen molar-refractivity contribution < 1.29 is 4.74 Å². The molecule has 0 aliphatic heterocycles. The second kappa shape index (κ2) is 5.60. The van der Waals surface area contributed by atoms with Crippen molar-refractivity contribution in [3.8, 4) is 5.75 Å². The number of para-hydroxylation sites is 1. The van der Waals surface area contributed by atoms with Gasteiger partial charge in [-0.1, -0.05) is 18.2 Å². The molecule has 0 N–H and O–H groups in total.